The van der Waals surface area contributed by atoms with Gasteiger partial charge in [-0.3, -0.25) is 0 Å². The first-order valence-electron chi connectivity index (χ1n) is 5.75. The Labute approximate surface area is 97.7 Å². The Hall–Kier alpha value is -1.01. The Morgan fingerprint density at radius 3 is 2.94 bits per heavy atom. The van der Waals surface area contributed by atoms with Crippen molar-refractivity contribution >= 4 is 16.3 Å². The second kappa shape index (κ2) is 3.78. The van der Waals surface area contributed by atoms with E-state index in [0.29, 0.717) is 18.4 Å². The van der Waals surface area contributed by atoms with E-state index in [2.05, 4.69) is 22.2 Å². The van der Waals surface area contributed by atoms with E-state index in [1.54, 1.807) is 11.3 Å². The molecule has 0 radical (unpaired) electrons. The Balaban J connectivity index is 2.01. The maximum Gasteiger partial charge on any atom is 0.234 e. The van der Waals surface area contributed by atoms with Gasteiger partial charge < -0.3 is 5.73 Å². The lowest BCUT2D eigenvalue weighted by atomic mass is 10.1. The molecule has 6 heteroatoms. The minimum atomic E-state index is 0.360. The predicted octanol–water partition coefficient (Wildman–Crippen LogP) is 1.52. The topological polar surface area (TPSA) is 69.1 Å². The molecular formula is C10H15N5S. The summed E-state index contributed by atoms with van der Waals surface area (Å²) >= 11 is 1.62. The predicted molar refractivity (Wildman–Crippen MR) is 62.7 cm³/mol. The maximum atomic E-state index is 5.74. The standard InChI is InChI=1S/C10H15N5S/c1-2-6(5-11)9-14-15-8(7-3-4-7)12-13-10(15)16-9/h6-7H,2-5,11H2,1H3. The van der Waals surface area contributed by atoms with Crippen LogP contribution in [0.1, 0.15) is 48.9 Å². The van der Waals surface area contributed by atoms with Gasteiger partial charge in [-0.15, -0.1) is 10.2 Å². The molecule has 2 heterocycles. The van der Waals surface area contributed by atoms with Gasteiger partial charge in [0.1, 0.15) is 5.01 Å². The molecule has 1 aliphatic carbocycles. The van der Waals surface area contributed by atoms with Crippen molar-refractivity contribution < 1.29 is 0 Å². The fourth-order valence-electron chi connectivity index (χ4n) is 1.85. The molecule has 5 nitrogen and oxygen atoms in total. The first-order chi connectivity index (χ1) is 7.83. The van der Waals surface area contributed by atoms with Crippen molar-refractivity contribution in [2.45, 2.75) is 38.0 Å². The van der Waals surface area contributed by atoms with Crippen molar-refractivity contribution in [3.8, 4) is 0 Å². The average molecular weight is 237 g/mol. The van der Waals surface area contributed by atoms with E-state index >= 15 is 0 Å². The van der Waals surface area contributed by atoms with Crippen molar-refractivity contribution in [1.82, 2.24) is 19.8 Å². The SMILES string of the molecule is CCC(CN)c1nn2c(C3CC3)nnc2s1. The number of hydrogen-bond donors (Lipinski definition) is 1. The lowest BCUT2D eigenvalue weighted by molar-refractivity contribution is 0.650. The molecule has 1 atom stereocenters. The van der Waals surface area contributed by atoms with E-state index in [1.165, 1.54) is 12.8 Å². The third-order valence-corrected chi connectivity index (χ3v) is 4.16. The van der Waals surface area contributed by atoms with E-state index < -0.39 is 0 Å². The summed E-state index contributed by atoms with van der Waals surface area (Å²) < 4.78 is 1.91. The first-order valence-corrected chi connectivity index (χ1v) is 6.57. The van der Waals surface area contributed by atoms with Crippen LogP contribution in [0.25, 0.3) is 4.96 Å². The highest BCUT2D eigenvalue weighted by Crippen LogP contribution is 2.39. The quantitative estimate of drug-likeness (QED) is 0.875. The van der Waals surface area contributed by atoms with E-state index in [0.717, 1.165) is 22.2 Å². The van der Waals surface area contributed by atoms with Gasteiger partial charge in [0.2, 0.25) is 4.96 Å². The summed E-state index contributed by atoms with van der Waals surface area (Å²) in [5.74, 6) is 1.98. The molecule has 0 saturated heterocycles. The Kier molecular flexibility index (Phi) is 2.40. The molecule has 0 bridgehead atoms. The van der Waals surface area contributed by atoms with Crippen molar-refractivity contribution in [2.24, 2.45) is 5.73 Å². The Bertz CT molecular complexity index is 494. The van der Waals surface area contributed by atoms with Gasteiger partial charge in [0, 0.05) is 18.4 Å². The molecule has 0 amide bonds. The van der Waals surface area contributed by atoms with Crippen molar-refractivity contribution in [3.05, 3.63) is 10.8 Å². The lowest BCUT2D eigenvalue weighted by Gasteiger charge is -2.06. The fraction of sp³-hybridized carbons (Fsp3) is 0.700. The highest BCUT2D eigenvalue weighted by Gasteiger charge is 2.30. The van der Waals surface area contributed by atoms with Gasteiger partial charge in [-0.25, -0.2) is 0 Å². The number of nitrogens with zero attached hydrogens (tertiary/aromatic N) is 4. The monoisotopic (exact) mass is 237 g/mol. The van der Waals surface area contributed by atoms with Gasteiger partial charge in [0.25, 0.3) is 0 Å². The number of nitrogens with two attached hydrogens (primary N) is 1. The van der Waals surface area contributed by atoms with Gasteiger partial charge in [-0.2, -0.15) is 9.61 Å². The van der Waals surface area contributed by atoms with Crippen LogP contribution in [0.4, 0.5) is 0 Å². The lowest BCUT2D eigenvalue weighted by Crippen LogP contribution is -2.11. The Morgan fingerprint density at radius 2 is 2.31 bits per heavy atom. The van der Waals surface area contributed by atoms with Crippen LogP contribution in [-0.2, 0) is 0 Å². The normalized spacial score (nSPS) is 18.1. The van der Waals surface area contributed by atoms with E-state index in [9.17, 15) is 0 Å². The zero-order valence-corrected chi connectivity index (χ0v) is 10.1. The molecule has 16 heavy (non-hydrogen) atoms. The molecule has 3 rings (SSSR count). The second-order valence-electron chi connectivity index (χ2n) is 4.31. The van der Waals surface area contributed by atoms with Crippen LogP contribution in [0.2, 0.25) is 0 Å². The largest absolute Gasteiger partial charge is 0.330 e. The number of aromatic nitrogens is 4. The molecule has 1 fully saturated rings. The van der Waals surface area contributed by atoms with Crippen LogP contribution in [0, 0.1) is 0 Å². The van der Waals surface area contributed by atoms with Crippen LogP contribution in [-0.4, -0.2) is 26.4 Å². The summed E-state index contributed by atoms with van der Waals surface area (Å²) in [6.07, 6.45) is 3.48. The molecule has 0 spiro atoms. The summed E-state index contributed by atoms with van der Waals surface area (Å²) in [5.41, 5.74) is 5.74. The maximum absolute atomic E-state index is 5.74. The van der Waals surface area contributed by atoms with Crippen molar-refractivity contribution in [1.29, 1.82) is 0 Å². The zero-order chi connectivity index (χ0) is 11.1. The van der Waals surface area contributed by atoms with Crippen molar-refractivity contribution in [3.63, 3.8) is 0 Å². The van der Waals surface area contributed by atoms with Crippen LogP contribution >= 0.6 is 11.3 Å². The smallest absolute Gasteiger partial charge is 0.234 e. The van der Waals surface area contributed by atoms with Gasteiger partial charge in [-0.05, 0) is 19.3 Å². The first kappa shape index (κ1) is 10.2. The summed E-state index contributed by atoms with van der Waals surface area (Å²) in [5, 5.41) is 14.1. The van der Waals surface area contributed by atoms with E-state index in [1.807, 2.05) is 4.52 Å². The van der Waals surface area contributed by atoms with Gasteiger partial charge in [-0.1, -0.05) is 18.3 Å². The van der Waals surface area contributed by atoms with Gasteiger partial charge in [0.15, 0.2) is 5.82 Å². The van der Waals surface area contributed by atoms with Crippen LogP contribution in [0.5, 0.6) is 0 Å². The molecule has 86 valence electrons. The molecule has 2 aromatic heterocycles. The molecule has 0 aromatic carbocycles. The summed E-state index contributed by atoms with van der Waals surface area (Å²) in [6, 6.07) is 0. The molecule has 0 aliphatic heterocycles. The minimum absolute atomic E-state index is 0.360. The van der Waals surface area contributed by atoms with Gasteiger partial charge in [0.05, 0.1) is 0 Å². The number of fused-ring (bicyclic) bond motifs is 1. The van der Waals surface area contributed by atoms with Crippen LogP contribution in [0.3, 0.4) is 0 Å². The summed E-state index contributed by atoms with van der Waals surface area (Å²) in [7, 11) is 0. The number of rotatable bonds is 4. The molecular weight excluding hydrogens is 222 g/mol. The summed E-state index contributed by atoms with van der Waals surface area (Å²) in [4.78, 5) is 0.906. The van der Waals surface area contributed by atoms with Gasteiger partial charge >= 0.3 is 0 Å². The third-order valence-electron chi connectivity index (χ3n) is 3.10. The molecule has 2 N–H and O–H groups in total. The minimum Gasteiger partial charge on any atom is -0.330 e. The third kappa shape index (κ3) is 1.53. The van der Waals surface area contributed by atoms with E-state index in [4.69, 9.17) is 5.73 Å². The second-order valence-corrected chi connectivity index (χ2v) is 5.30. The van der Waals surface area contributed by atoms with E-state index in [-0.39, 0.29) is 0 Å². The molecule has 2 aromatic rings. The number of hydrogen-bond acceptors (Lipinski definition) is 5. The molecule has 1 aliphatic rings. The fourth-order valence-corrected chi connectivity index (χ4v) is 2.89. The molecule has 1 saturated carbocycles. The van der Waals surface area contributed by atoms with Crippen LogP contribution in [0.15, 0.2) is 0 Å². The average Bonchev–Trinajstić information content (AvgIpc) is 2.91. The van der Waals surface area contributed by atoms with Crippen molar-refractivity contribution in [2.75, 3.05) is 6.54 Å². The van der Waals surface area contributed by atoms with Crippen LogP contribution < -0.4 is 5.73 Å². The zero-order valence-electron chi connectivity index (χ0n) is 9.26. The summed E-state index contributed by atoms with van der Waals surface area (Å²) in [6.45, 7) is 2.79. The highest BCUT2D eigenvalue weighted by molar-refractivity contribution is 7.16. The highest BCUT2D eigenvalue weighted by atomic mass is 32.1. The molecule has 1 unspecified atom stereocenters. The Morgan fingerprint density at radius 1 is 1.50 bits per heavy atom.